The molecule has 0 aliphatic rings. The van der Waals surface area contributed by atoms with E-state index in [1.54, 1.807) is 42.5 Å². The van der Waals surface area contributed by atoms with E-state index in [2.05, 4.69) is 0 Å². The lowest BCUT2D eigenvalue weighted by Crippen LogP contribution is -2.04. The number of ketones is 1. The molecule has 0 aliphatic heterocycles. The van der Waals surface area contributed by atoms with Gasteiger partial charge in [-0.15, -0.1) is 0 Å². The third-order valence-corrected chi connectivity index (χ3v) is 3.47. The molecule has 2 aromatic rings. The Morgan fingerprint density at radius 1 is 1.06 bits per heavy atom. The summed E-state index contributed by atoms with van der Waals surface area (Å²) < 4.78 is 0. The molecular formula is C14H11Cl2NO. The van der Waals surface area contributed by atoms with Crippen LogP contribution in [0, 0.1) is 0 Å². The standard InChI is InChI=1S/C14H11Cl2NO/c15-12-3-1-2-10(14(12)16)8-13(18)9-4-6-11(17)7-5-9/h1-7H,8,17H2. The van der Waals surface area contributed by atoms with Crippen LogP contribution >= 0.6 is 23.2 Å². The fourth-order valence-electron chi connectivity index (χ4n) is 1.63. The van der Waals surface area contributed by atoms with Crippen molar-refractivity contribution in [2.45, 2.75) is 6.42 Å². The summed E-state index contributed by atoms with van der Waals surface area (Å²) in [7, 11) is 0. The fourth-order valence-corrected chi connectivity index (χ4v) is 2.02. The molecule has 2 N–H and O–H groups in total. The average Bonchev–Trinajstić information content (AvgIpc) is 2.36. The van der Waals surface area contributed by atoms with Gasteiger partial charge in [0.15, 0.2) is 5.78 Å². The number of halogens is 2. The highest BCUT2D eigenvalue weighted by Gasteiger charge is 2.11. The monoisotopic (exact) mass is 279 g/mol. The predicted octanol–water partition coefficient (Wildman–Crippen LogP) is 4.00. The van der Waals surface area contributed by atoms with Crippen molar-refractivity contribution in [3.8, 4) is 0 Å². The molecule has 0 spiro atoms. The number of Topliss-reactive ketones (excluding diaryl/α,β-unsaturated/α-hetero) is 1. The highest BCUT2D eigenvalue weighted by molar-refractivity contribution is 6.42. The van der Waals surface area contributed by atoms with Gasteiger partial charge in [-0.05, 0) is 35.9 Å². The Hall–Kier alpha value is -1.51. The molecule has 0 saturated heterocycles. The molecule has 2 rings (SSSR count). The Morgan fingerprint density at radius 3 is 2.39 bits per heavy atom. The summed E-state index contributed by atoms with van der Waals surface area (Å²) >= 11 is 12.0. The van der Waals surface area contributed by atoms with Gasteiger partial charge in [0.25, 0.3) is 0 Å². The first kappa shape index (κ1) is 12.9. The Balaban J connectivity index is 2.21. The second-order valence-corrected chi connectivity index (χ2v) is 4.72. The van der Waals surface area contributed by atoms with Crippen molar-refractivity contribution in [1.29, 1.82) is 0 Å². The van der Waals surface area contributed by atoms with Crippen molar-refractivity contribution in [1.82, 2.24) is 0 Å². The minimum atomic E-state index is -0.0147. The Labute approximate surface area is 115 Å². The molecule has 2 aromatic carbocycles. The molecule has 0 unspecified atom stereocenters. The maximum atomic E-state index is 12.0. The first-order valence-corrected chi connectivity index (χ1v) is 6.15. The molecule has 0 heterocycles. The van der Waals surface area contributed by atoms with Crippen molar-refractivity contribution < 1.29 is 4.79 Å². The van der Waals surface area contributed by atoms with E-state index >= 15 is 0 Å². The number of carbonyl (C=O) groups is 1. The van der Waals surface area contributed by atoms with Gasteiger partial charge in [-0.2, -0.15) is 0 Å². The van der Waals surface area contributed by atoms with Crippen LogP contribution in [0.2, 0.25) is 10.0 Å². The summed E-state index contributed by atoms with van der Waals surface area (Å²) in [4.78, 5) is 12.0. The number of benzene rings is 2. The third kappa shape index (κ3) is 2.84. The molecule has 0 amide bonds. The molecule has 2 nitrogen and oxygen atoms in total. The van der Waals surface area contributed by atoms with Crippen LogP contribution in [0.3, 0.4) is 0 Å². The fraction of sp³-hybridized carbons (Fsp3) is 0.0714. The van der Waals surface area contributed by atoms with Crippen LogP contribution < -0.4 is 5.73 Å². The van der Waals surface area contributed by atoms with E-state index < -0.39 is 0 Å². The summed E-state index contributed by atoms with van der Waals surface area (Å²) in [5.74, 6) is -0.0147. The minimum Gasteiger partial charge on any atom is -0.399 e. The molecule has 0 bridgehead atoms. The van der Waals surface area contributed by atoms with Crippen LogP contribution in [0.4, 0.5) is 5.69 Å². The van der Waals surface area contributed by atoms with E-state index in [0.717, 1.165) is 5.56 Å². The molecule has 0 aromatic heterocycles. The normalized spacial score (nSPS) is 10.3. The molecule has 18 heavy (non-hydrogen) atoms. The van der Waals surface area contributed by atoms with Gasteiger partial charge in [0.2, 0.25) is 0 Å². The maximum absolute atomic E-state index is 12.0. The van der Waals surface area contributed by atoms with E-state index in [1.165, 1.54) is 0 Å². The number of hydrogen-bond donors (Lipinski definition) is 1. The average molecular weight is 280 g/mol. The van der Waals surface area contributed by atoms with Crippen LogP contribution in [-0.2, 0) is 6.42 Å². The van der Waals surface area contributed by atoms with Crippen LogP contribution in [0.25, 0.3) is 0 Å². The largest absolute Gasteiger partial charge is 0.399 e. The summed E-state index contributed by atoms with van der Waals surface area (Å²) in [5.41, 5.74) is 7.54. The number of rotatable bonds is 3. The summed E-state index contributed by atoms with van der Waals surface area (Å²) in [6.45, 7) is 0. The van der Waals surface area contributed by atoms with Gasteiger partial charge in [-0.25, -0.2) is 0 Å². The number of nitrogen functional groups attached to an aromatic ring is 1. The molecule has 0 saturated carbocycles. The summed E-state index contributed by atoms with van der Waals surface area (Å²) in [5, 5.41) is 0.891. The van der Waals surface area contributed by atoms with Crippen LogP contribution in [0.15, 0.2) is 42.5 Å². The van der Waals surface area contributed by atoms with Gasteiger partial charge in [-0.3, -0.25) is 4.79 Å². The van der Waals surface area contributed by atoms with E-state index in [9.17, 15) is 4.79 Å². The van der Waals surface area contributed by atoms with Crippen LogP contribution in [0.1, 0.15) is 15.9 Å². The minimum absolute atomic E-state index is 0.0147. The topological polar surface area (TPSA) is 43.1 Å². The van der Waals surface area contributed by atoms with E-state index in [1.807, 2.05) is 0 Å². The molecule has 0 atom stereocenters. The molecule has 0 aliphatic carbocycles. The lowest BCUT2D eigenvalue weighted by Gasteiger charge is -2.05. The van der Waals surface area contributed by atoms with Crippen LogP contribution in [-0.4, -0.2) is 5.78 Å². The molecule has 4 heteroatoms. The number of nitrogens with two attached hydrogens (primary N) is 1. The second kappa shape index (κ2) is 5.42. The molecule has 0 radical (unpaired) electrons. The zero-order valence-corrected chi connectivity index (χ0v) is 11.0. The van der Waals surface area contributed by atoms with E-state index in [4.69, 9.17) is 28.9 Å². The van der Waals surface area contributed by atoms with Gasteiger partial charge in [-0.1, -0.05) is 35.3 Å². The predicted molar refractivity (Wildman–Crippen MR) is 75.4 cm³/mol. The Morgan fingerprint density at radius 2 is 1.72 bits per heavy atom. The van der Waals surface area contributed by atoms with Gasteiger partial charge < -0.3 is 5.73 Å². The van der Waals surface area contributed by atoms with Gasteiger partial charge in [0.1, 0.15) is 0 Å². The smallest absolute Gasteiger partial charge is 0.167 e. The quantitative estimate of drug-likeness (QED) is 0.682. The van der Waals surface area contributed by atoms with Crippen molar-refractivity contribution in [3.63, 3.8) is 0 Å². The van der Waals surface area contributed by atoms with Crippen molar-refractivity contribution in [3.05, 3.63) is 63.6 Å². The number of carbonyl (C=O) groups excluding carboxylic acids is 1. The Bertz CT molecular complexity index is 579. The lowest BCUT2D eigenvalue weighted by atomic mass is 10.0. The maximum Gasteiger partial charge on any atom is 0.167 e. The zero-order chi connectivity index (χ0) is 13.1. The Kier molecular flexibility index (Phi) is 3.90. The van der Waals surface area contributed by atoms with Crippen molar-refractivity contribution in [2.75, 3.05) is 5.73 Å². The number of hydrogen-bond acceptors (Lipinski definition) is 2. The molecule has 0 fully saturated rings. The van der Waals surface area contributed by atoms with Crippen molar-refractivity contribution in [2.24, 2.45) is 0 Å². The summed E-state index contributed by atoms with van der Waals surface area (Å²) in [6, 6.07) is 12.1. The zero-order valence-electron chi connectivity index (χ0n) is 9.49. The van der Waals surface area contributed by atoms with Gasteiger partial charge >= 0.3 is 0 Å². The molecular weight excluding hydrogens is 269 g/mol. The van der Waals surface area contributed by atoms with E-state index in [0.29, 0.717) is 21.3 Å². The number of anilines is 1. The highest BCUT2D eigenvalue weighted by Crippen LogP contribution is 2.26. The van der Waals surface area contributed by atoms with Gasteiger partial charge in [0, 0.05) is 17.7 Å². The molecule has 92 valence electrons. The third-order valence-electron chi connectivity index (χ3n) is 2.62. The SMILES string of the molecule is Nc1ccc(C(=O)Cc2cccc(Cl)c2Cl)cc1. The first-order chi connectivity index (χ1) is 8.58. The van der Waals surface area contributed by atoms with E-state index in [-0.39, 0.29) is 12.2 Å². The highest BCUT2D eigenvalue weighted by atomic mass is 35.5. The summed E-state index contributed by atoms with van der Waals surface area (Å²) in [6.07, 6.45) is 0.226. The lowest BCUT2D eigenvalue weighted by molar-refractivity contribution is 0.0993. The second-order valence-electron chi connectivity index (χ2n) is 3.93. The van der Waals surface area contributed by atoms with Crippen molar-refractivity contribution >= 4 is 34.7 Å². The van der Waals surface area contributed by atoms with Crippen LogP contribution in [0.5, 0.6) is 0 Å². The van der Waals surface area contributed by atoms with Gasteiger partial charge in [0.05, 0.1) is 10.0 Å². The first-order valence-electron chi connectivity index (χ1n) is 5.39.